The zero-order chi connectivity index (χ0) is 11.5. The van der Waals surface area contributed by atoms with Gasteiger partial charge in [0.05, 0.1) is 5.75 Å². The lowest BCUT2D eigenvalue weighted by Gasteiger charge is -2.07. The molecular formula is C9H11BrClNO2S. The van der Waals surface area contributed by atoms with E-state index in [1.807, 2.05) is 13.0 Å². The number of hydrogen-bond donors (Lipinski definition) is 1. The van der Waals surface area contributed by atoms with E-state index in [1.54, 1.807) is 12.1 Å². The van der Waals surface area contributed by atoms with Crippen LogP contribution in [-0.4, -0.2) is 20.1 Å². The maximum atomic E-state index is 11.4. The van der Waals surface area contributed by atoms with Crippen molar-refractivity contribution in [2.24, 2.45) is 0 Å². The van der Waals surface area contributed by atoms with Gasteiger partial charge < -0.3 is 0 Å². The summed E-state index contributed by atoms with van der Waals surface area (Å²) in [6.07, 6.45) is 0. The topological polar surface area (TPSA) is 46.2 Å². The second kappa shape index (κ2) is 5.18. The summed E-state index contributed by atoms with van der Waals surface area (Å²) in [6, 6.07) is 5.27. The van der Waals surface area contributed by atoms with Crippen molar-refractivity contribution in [1.82, 2.24) is 0 Å². The van der Waals surface area contributed by atoms with Crippen LogP contribution >= 0.6 is 27.5 Å². The van der Waals surface area contributed by atoms with E-state index in [4.69, 9.17) is 11.6 Å². The van der Waals surface area contributed by atoms with Crippen molar-refractivity contribution in [1.29, 1.82) is 0 Å². The molecule has 0 unspecified atom stereocenters. The van der Waals surface area contributed by atoms with Crippen LogP contribution in [0.1, 0.15) is 5.56 Å². The number of rotatable bonds is 4. The normalized spacial score (nSPS) is 11.4. The molecule has 0 radical (unpaired) electrons. The van der Waals surface area contributed by atoms with Crippen LogP contribution in [0.2, 0.25) is 0 Å². The fourth-order valence-electron chi connectivity index (χ4n) is 0.989. The Morgan fingerprint density at radius 1 is 1.47 bits per heavy atom. The molecular weight excluding hydrogens is 302 g/mol. The van der Waals surface area contributed by atoms with Crippen molar-refractivity contribution in [3.8, 4) is 0 Å². The van der Waals surface area contributed by atoms with E-state index in [1.165, 1.54) is 0 Å². The summed E-state index contributed by atoms with van der Waals surface area (Å²) in [6.45, 7) is 1.93. The van der Waals surface area contributed by atoms with Gasteiger partial charge in [-0.1, -0.05) is 22.0 Å². The third-order valence-corrected chi connectivity index (χ3v) is 4.35. The van der Waals surface area contributed by atoms with E-state index in [-0.39, 0.29) is 11.6 Å². The van der Waals surface area contributed by atoms with Crippen LogP contribution in [0, 0.1) is 6.92 Å². The Kier molecular flexibility index (Phi) is 4.43. The number of nitrogens with one attached hydrogen (secondary N) is 1. The van der Waals surface area contributed by atoms with E-state index in [9.17, 15) is 8.42 Å². The van der Waals surface area contributed by atoms with E-state index in [2.05, 4.69) is 20.7 Å². The molecule has 1 rings (SSSR count). The van der Waals surface area contributed by atoms with E-state index < -0.39 is 10.0 Å². The number of hydrogen-bond acceptors (Lipinski definition) is 2. The summed E-state index contributed by atoms with van der Waals surface area (Å²) in [5.74, 6) is 0.00240. The summed E-state index contributed by atoms with van der Waals surface area (Å²) >= 11 is 8.71. The lowest BCUT2D eigenvalue weighted by Crippen LogP contribution is -2.17. The molecule has 15 heavy (non-hydrogen) atoms. The lowest BCUT2D eigenvalue weighted by molar-refractivity contribution is 0.602. The third-order valence-electron chi connectivity index (χ3n) is 1.79. The minimum atomic E-state index is -3.32. The zero-order valence-electron chi connectivity index (χ0n) is 8.13. The Morgan fingerprint density at radius 3 is 2.67 bits per heavy atom. The van der Waals surface area contributed by atoms with E-state index in [0.717, 1.165) is 10.0 Å². The van der Waals surface area contributed by atoms with Crippen LogP contribution in [0.5, 0.6) is 0 Å². The predicted octanol–water partition coefficient (Wildman–Crippen LogP) is 2.74. The molecule has 84 valence electrons. The fraction of sp³-hybridized carbons (Fsp3) is 0.333. The van der Waals surface area contributed by atoms with Crippen molar-refractivity contribution in [3.05, 3.63) is 28.2 Å². The van der Waals surface area contributed by atoms with Gasteiger partial charge in [-0.15, -0.1) is 11.6 Å². The van der Waals surface area contributed by atoms with Crippen molar-refractivity contribution in [2.75, 3.05) is 16.4 Å². The molecule has 1 N–H and O–H groups in total. The van der Waals surface area contributed by atoms with Crippen molar-refractivity contribution < 1.29 is 8.42 Å². The summed E-state index contributed by atoms with van der Waals surface area (Å²) < 4.78 is 26.1. The van der Waals surface area contributed by atoms with Gasteiger partial charge >= 0.3 is 0 Å². The summed E-state index contributed by atoms with van der Waals surface area (Å²) in [5, 5.41) is 0. The van der Waals surface area contributed by atoms with E-state index >= 15 is 0 Å². The van der Waals surface area contributed by atoms with Gasteiger partial charge in [0, 0.05) is 16.0 Å². The second-order valence-corrected chi connectivity index (χ2v) is 6.15. The molecule has 6 heteroatoms. The van der Waals surface area contributed by atoms with Crippen LogP contribution < -0.4 is 4.72 Å². The first kappa shape index (κ1) is 12.8. The van der Waals surface area contributed by atoms with Crippen LogP contribution in [-0.2, 0) is 10.0 Å². The molecule has 0 saturated carbocycles. The zero-order valence-corrected chi connectivity index (χ0v) is 11.3. The largest absolute Gasteiger partial charge is 0.283 e. The quantitative estimate of drug-likeness (QED) is 0.869. The minimum Gasteiger partial charge on any atom is -0.283 e. The summed E-state index contributed by atoms with van der Waals surface area (Å²) in [5.41, 5.74) is 1.59. The molecule has 1 aromatic rings. The molecule has 1 aromatic carbocycles. The fourth-order valence-corrected chi connectivity index (χ4v) is 2.77. The molecule has 0 aromatic heterocycles. The first-order chi connectivity index (χ1) is 6.94. The van der Waals surface area contributed by atoms with Gasteiger partial charge in [0.2, 0.25) is 10.0 Å². The molecule has 0 saturated heterocycles. The second-order valence-electron chi connectivity index (χ2n) is 3.07. The maximum Gasteiger partial charge on any atom is 0.233 e. The highest BCUT2D eigenvalue weighted by Gasteiger charge is 2.09. The van der Waals surface area contributed by atoms with E-state index in [0.29, 0.717) is 5.69 Å². The molecule has 0 bridgehead atoms. The van der Waals surface area contributed by atoms with Gasteiger partial charge in [0.25, 0.3) is 0 Å². The monoisotopic (exact) mass is 311 g/mol. The summed E-state index contributed by atoms with van der Waals surface area (Å²) in [7, 11) is -3.32. The Hall–Kier alpha value is -0.260. The highest BCUT2D eigenvalue weighted by molar-refractivity contribution is 9.10. The average Bonchev–Trinajstić information content (AvgIpc) is 2.10. The molecule has 3 nitrogen and oxygen atoms in total. The van der Waals surface area contributed by atoms with Crippen molar-refractivity contribution in [3.63, 3.8) is 0 Å². The van der Waals surface area contributed by atoms with Crippen LogP contribution in [0.25, 0.3) is 0 Å². The van der Waals surface area contributed by atoms with Gasteiger partial charge in [0.1, 0.15) is 0 Å². The number of halogens is 2. The maximum absolute atomic E-state index is 11.4. The highest BCUT2D eigenvalue weighted by Crippen LogP contribution is 2.21. The third kappa shape index (κ3) is 4.01. The number of alkyl halides is 1. The predicted molar refractivity (Wildman–Crippen MR) is 67.0 cm³/mol. The molecule has 0 aliphatic heterocycles. The number of benzene rings is 1. The SMILES string of the molecule is Cc1ccc(NS(=O)(=O)CCCl)cc1Br. The van der Waals surface area contributed by atoms with Crippen LogP contribution in [0.4, 0.5) is 5.69 Å². The molecule has 0 aliphatic rings. The Labute approximate surface area is 103 Å². The van der Waals surface area contributed by atoms with Gasteiger partial charge in [-0.2, -0.15) is 0 Å². The minimum absolute atomic E-state index is 0.0833. The Morgan fingerprint density at radius 2 is 2.13 bits per heavy atom. The standard InChI is InChI=1S/C9H11BrClNO2S/c1-7-2-3-8(6-9(7)10)12-15(13,14)5-4-11/h2-3,6,12H,4-5H2,1H3. The molecule has 0 fully saturated rings. The first-order valence-electron chi connectivity index (χ1n) is 4.27. The smallest absolute Gasteiger partial charge is 0.233 e. The van der Waals surface area contributed by atoms with Crippen LogP contribution in [0.3, 0.4) is 0 Å². The molecule has 0 amide bonds. The van der Waals surface area contributed by atoms with Crippen LogP contribution in [0.15, 0.2) is 22.7 Å². The lowest BCUT2D eigenvalue weighted by atomic mass is 10.2. The van der Waals surface area contributed by atoms with Gasteiger partial charge in [-0.05, 0) is 24.6 Å². The Balaban J connectivity index is 2.86. The average molecular weight is 313 g/mol. The first-order valence-corrected chi connectivity index (χ1v) is 7.25. The number of sulfonamides is 1. The van der Waals surface area contributed by atoms with Gasteiger partial charge in [0.15, 0.2) is 0 Å². The molecule has 0 spiro atoms. The number of aryl methyl sites for hydroxylation is 1. The van der Waals surface area contributed by atoms with Crippen molar-refractivity contribution in [2.45, 2.75) is 6.92 Å². The highest BCUT2D eigenvalue weighted by atomic mass is 79.9. The number of anilines is 1. The van der Waals surface area contributed by atoms with Gasteiger partial charge in [-0.3, -0.25) is 4.72 Å². The van der Waals surface area contributed by atoms with Gasteiger partial charge in [-0.25, -0.2) is 8.42 Å². The molecule has 0 heterocycles. The summed E-state index contributed by atoms with van der Waals surface area (Å²) in [4.78, 5) is 0. The van der Waals surface area contributed by atoms with Crippen molar-refractivity contribution >= 4 is 43.2 Å². The molecule has 0 atom stereocenters. The molecule has 0 aliphatic carbocycles. The Bertz CT molecular complexity index is 447.